The maximum absolute atomic E-state index is 4.47. The van der Waals surface area contributed by atoms with Crippen LogP contribution in [0.25, 0.3) is 16.6 Å². The molecular formula is C11H10N4. The first kappa shape index (κ1) is 8.35. The van der Waals surface area contributed by atoms with Gasteiger partial charge >= 0.3 is 0 Å². The van der Waals surface area contributed by atoms with Gasteiger partial charge in [-0.05, 0) is 12.1 Å². The molecule has 3 rings (SSSR count). The van der Waals surface area contributed by atoms with Crippen molar-refractivity contribution in [2.45, 2.75) is 13.3 Å². The minimum absolute atomic E-state index is 0.843. The highest BCUT2D eigenvalue weighted by atomic mass is 15.3. The van der Waals surface area contributed by atoms with Crippen molar-refractivity contribution in [2.24, 2.45) is 0 Å². The van der Waals surface area contributed by atoms with E-state index in [2.05, 4.69) is 15.1 Å². The Bertz CT molecular complexity index is 627. The number of rotatable bonds is 1. The molecule has 0 aliphatic heterocycles. The maximum Gasteiger partial charge on any atom is 0.166 e. The molecule has 0 saturated heterocycles. The lowest BCUT2D eigenvalue weighted by Gasteiger charge is -1.96. The Morgan fingerprint density at radius 3 is 3.00 bits per heavy atom. The molecule has 3 aromatic rings. The Balaban J connectivity index is 2.47. The summed E-state index contributed by atoms with van der Waals surface area (Å²) >= 11 is 0. The highest BCUT2D eigenvalue weighted by Crippen LogP contribution is 2.15. The number of para-hydroxylation sites is 1. The van der Waals surface area contributed by atoms with Crippen LogP contribution in [-0.4, -0.2) is 19.6 Å². The lowest BCUT2D eigenvalue weighted by Crippen LogP contribution is -1.91. The summed E-state index contributed by atoms with van der Waals surface area (Å²) in [6.07, 6.45) is 2.56. The topological polar surface area (TPSA) is 43.1 Å². The molecule has 0 unspecified atom stereocenters. The highest BCUT2D eigenvalue weighted by Gasteiger charge is 2.05. The van der Waals surface area contributed by atoms with Crippen LogP contribution in [0.1, 0.15) is 12.7 Å². The first-order valence-corrected chi connectivity index (χ1v) is 4.97. The van der Waals surface area contributed by atoms with Crippen LogP contribution < -0.4 is 0 Å². The standard InChI is InChI=1S/C11H10N4/c1-2-10-13-11-8-5-3-4-6-9(8)12-7-15(11)14-10/h3-7H,2H2,1H3. The third-order valence-corrected chi connectivity index (χ3v) is 2.44. The van der Waals surface area contributed by atoms with Gasteiger partial charge in [0.2, 0.25) is 0 Å². The average Bonchev–Trinajstić information content (AvgIpc) is 2.72. The van der Waals surface area contributed by atoms with Crippen LogP contribution in [0.3, 0.4) is 0 Å². The third-order valence-electron chi connectivity index (χ3n) is 2.44. The zero-order chi connectivity index (χ0) is 10.3. The number of aryl methyl sites for hydroxylation is 1. The number of fused-ring (bicyclic) bond motifs is 3. The second-order valence-electron chi connectivity index (χ2n) is 3.41. The molecule has 4 heteroatoms. The molecule has 0 atom stereocenters. The number of nitrogens with zero attached hydrogens (tertiary/aromatic N) is 4. The summed E-state index contributed by atoms with van der Waals surface area (Å²) in [5.74, 6) is 0.855. The van der Waals surface area contributed by atoms with E-state index in [0.29, 0.717) is 0 Å². The lowest BCUT2D eigenvalue weighted by molar-refractivity contribution is 0.872. The molecule has 0 aliphatic rings. The Hall–Kier alpha value is -1.97. The molecule has 4 nitrogen and oxygen atoms in total. The van der Waals surface area contributed by atoms with Gasteiger partial charge in [0.1, 0.15) is 6.33 Å². The van der Waals surface area contributed by atoms with Crippen molar-refractivity contribution in [3.63, 3.8) is 0 Å². The quantitative estimate of drug-likeness (QED) is 0.599. The number of benzene rings is 1. The molecule has 0 aliphatic carbocycles. The Labute approximate surface area is 86.6 Å². The summed E-state index contributed by atoms with van der Waals surface area (Å²) in [5, 5.41) is 5.37. The summed E-state index contributed by atoms with van der Waals surface area (Å²) in [6.45, 7) is 2.05. The Morgan fingerprint density at radius 2 is 2.13 bits per heavy atom. The summed E-state index contributed by atoms with van der Waals surface area (Å²) in [7, 11) is 0. The molecule has 2 aromatic heterocycles. The fourth-order valence-electron chi connectivity index (χ4n) is 1.67. The fraction of sp³-hybridized carbons (Fsp3) is 0.182. The Kier molecular flexibility index (Phi) is 1.68. The normalized spacial score (nSPS) is 11.3. The van der Waals surface area contributed by atoms with E-state index in [0.717, 1.165) is 28.8 Å². The molecule has 0 fully saturated rings. The van der Waals surface area contributed by atoms with Gasteiger partial charge in [0.05, 0.1) is 5.52 Å². The SMILES string of the molecule is CCc1nc2c3ccccc3ncn2n1. The van der Waals surface area contributed by atoms with Crippen molar-refractivity contribution in [3.05, 3.63) is 36.4 Å². The first-order chi connectivity index (χ1) is 7.38. The molecular weight excluding hydrogens is 188 g/mol. The van der Waals surface area contributed by atoms with Gasteiger partial charge in [0, 0.05) is 11.8 Å². The molecule has 0 N–H and O–H groups in total. The van der Waals surface area contributed by atoms with Crippen molar-refractivity contribution in [1.29, 1.82) is 0 Å². The van der Waals surface area contributed by atoms with Crippen LogP contribution in [0.4, 0.5) is 0 Å². The van der Waals surface area contributed by atoms with Crippen LogP contribution in [-0.2, 0) is 6.42 Å². The van der Waals surface area contributed by atoms with Gasteiger partial charge in [-0.15, -0.1) is 5.10 Å². The predicted octanol–water partition coefficient (Wildman–Crippen LogP) is 1.84. The van der Waals surface area contributed by atoms with E-state index in [1.807, 2.05) is 31.2 Å². The van der Waals surface area contributed by atoms with Crippen molar-refractivity contribution >= 4 is 16.6 Å². The van der Waals surface area contributed by atoms with Gasteiger partial charge in [-0.25, -0.2) is 14.5 Å². The van der Waals surface area contributed by atoms with E-state index >= 15 is 0 Å². The van der Waals surface area contributed by atoms with Crippen LogP contribution >= 0.6 is 0 Å². The second kappa shape index (κ2) is 3.02. The smallest absolute Gasteiger partial charge is 0.166 e. The number of hydrogen-bond acceptors (Lipinski definition) is 3. The van der Waals surface area contributed by atoms with Crippen molar-refractivity contribution in [3.8, 4) is 0 Å². The summed E-state index contributed by atoms with van der Waals surface area (Å²) in [6, 6.07) is 7.97. The molecule has 2 heterocycles. The fourth-order valence-corrected chi connectivity index (χ4v) is 1.67. The van der Waals surface area contributed by atoms with Crippen LogP contribution in [0.2, 0.25) is 0 Å². The number of hydrogen-bond donors (Lipinski definition) is 0. The van der Waals surface area contributed by atoms with Gasteiger partial charge < -0.3 is 0 Å². The lowest BCUT2D eigenvalue weighted by atomic mass is 10.2. The minimum atomic E-state index is 0.843. The highest BCUT2D eigenvalue weighted by molar-refractivity contribution is 5.90. The van der Waals surface area contributed by atoms with E-state index in [1.165, 1.54) is 0 Å². The molecule has 1 aromatic carbocycles. The van der Waals surface area contributed by atoms with Gasteiger partial charge in [0.15, 0.2) is 11.5 Å². The van der Waals surface area contributed by atoms with Crippen molar-refractivity contribution in [1.82, 2.24) is 19.6 Å². The zero-order valence-corrected chi connectivity index (χ0v) is 8.38. The Morgan fingerprint density at radius 1 is 1.27 bits per heavy atom. The molecule has 0 amide bonds. The van der Waals surface area contributed by atoms with Crippen LogP contribution in [0.15, 0.2) is 30.6 Å². The third kappa shape index (κ3) is 1.18. The summed E-state index contributed by atoms with van der Waals surface area (Å²) in [4.78, 5) is 8.79. The first-order valence-electron chi connectivity index (χ1n) is 4.97. The molecule has 0 spiro atoms. The van der Waals surface area contributed by atoms with Gasteiger partial charge in [-0.1, -0.05) is 19.1 Å². The van der Waals surface area contributed by atoms with E-state index in [1.54, 1.807) is 10.8 Å². The minimum Gasteiger partial charge on any atom is -0.236 e. The van der Waals surface area contributed by atoms with E-state index in [9.17, 15) is 0 Å². The second-order valence-corrected chi connectivity index (χ2v) is 3.41. The average molecular weight is 198 g/mol. The molecule has 0 bridgehead atoms. The van der Waals surface area contributed by atoms with Crippen LogP contribution in [0.5, 0.6) is 0 Å². The zero-order valence-electron chi connectivity index (χ0n) is 8.38. The van der Waals surface area contributed by atoms with Crippen molar-refractivity contribution in [2.75, 3.05) is 0 Å². The van der Waals surface area contributed by atoms with Crippen LogP contribution in [0, 0.1) is 0 Å². The number of aromatic nitrogens is 4. The van der Waals surface area contributed by atoms with Gasteiger partial charge in [0.25, 0.3) is 0 Å². The summed E-state index contributed by atoms with van der Waals surface area (Å²) in [5.41, 5.74) is 1.84. The van der Waals surface area contributed by atoms with E-state index in [4.69, 9.17) is 0 Å². The predicted molar refractivity (Wildman–Crippen MR) is 57.7 cm³/mol. The molecule has 0 radical (unpaired) electrons. The van der Waals surface area contributed by atoms with E-state index < -0.39 is 0 Å². The van der Waals surface area contributed by atoms with Gasteiger partial charge in [-0.2, -0.15) is 0 Å². The van der Waals surface area contributed by atoms with Gasteiger partial charge in [-0.3, -0.25) is 0 Å². The molecule has 0 saturated carbocycles. The van der Waals surface area contributed by atoms with Crippen molar-refractivity contribution < 1.29 is 0 Å². The largest absolute Gasteiger partial charge is 0.236 e. The van der Waals surface area contributed by atoms with E-state index in [-0.39, 0.29) is 0 Å². The molecule has 74 valence electrons. The summed E-state index contributed by atoms with van der Waals surface area (Å²) < 4.78 is 1.74. The monoisotopic (exact) mass is 198 g/mol. The molecule has 15 heavy (non-hydrogen) atoms. The maximum atomic E-state index is 4.47.